The lowest BCUT2D eigenvalue weighted by molar-refractivity contribution is -0.153. The van der Waals surface area contributed by atoms with Gasteiger partial charge in [0.25, 0.3) is 5.91 Å². The third-order valence-corrected chi connectivity index (χ3v) is 2.72. The van der Waals surface area contributed by atoms with E-state index in [2.05, 4.69) is 10.6 Å². The van der Waals surface area contributed by atoms with Gasteiger partial charge in [0.15, 0.2) is 6.10 Å². The molecule has 1 unspecified atom stereocenters. The summed E-state index contributed by atoms with van der Waals surface area (Å²) in [7, 11) is 1.53. The maximum atomic E-state index is 11.9. The van der Waals surface area contributed by atoms with E-state index in [1.165, 1.54) is 21.0 Å². The van der Waals surface area contributed by atoms with Crippen LogP contribution in [0.1, 0.15) is 20.3 Å². The maximum Gasteiger partial charge on any atom is 0.308 e. The van der Waals surface area contributed by atoms with Crippen molar-refractivity contribution >= 4 is 23.5 Å². The van der Waals surface area contributed by atoms with E-state index in [-0.39, 0.29) is 18.9 Å². The topological polar surface area (TPSA) is 93.7 Å². The number of nitrogens with one attached hydrogen (secondary N) is 2. The molecule has 0 aromatic heterocycles. The Labute approximate surface area is 129 Å². The lowest BCUT2D eigenvalue weighted by Gasteiger charge is -2.14. The van der Waals surface area contributed by atoms with Crippen molar-refractivity contribution in [2.24, 2.45) is 0 Å². The van der Waals surface area contributed by atoms with Gasteiger partial charge in [0.1, 0.15) is 5.75 Å². The van der Waals surface area contributed by atoms with Crippen molar-refractivity contribution in [3.63, 3.8) is 0 Å². The van der Waals surface area contributed by atoms with Gasteiger partial charge in [-0.1, -0.05) is 6.07 Å². The van der Waals surface area contributed by atoms with E-state index < -0.39 is 18.0 Å². The monoisotopic (exact) mass is 308 g/mol. The Morgan fingerprint density at radius 2 is 2.00 bits per heavy atom. The highest BCUT2D eigenvalue weighted by Crippen LogP contribution is 2.17. The Morgan fingerprint density at radius 1 is 1.27 bits per heavy atom. The highest BCUT2D eigenvalue weighted by Gasteiger charge is 2.17. The summed E-state index contributed by atoms with van der Waals surface area (Å²) in [5, 5.41) is 5.11. The summed E-state index contributed by atoms with van der Waals surface area (Å²) >= 11 is 0. The molecule has 0 aliphatic rings. The van der Waals surface area contributed by atoms with Gasteiger partial charge < -0.3 is 20.1 Å². The minimum Gasteiger partial charge on any atom is -0.497 e. The summed E-state index contributed by atoms with van der Waals surface area (Å²) in [5.41, 5.74) is 0.547. The molecular formula is C15H20N2O5. The number of methoxy groups -OCH3 is 1. The van der Waals surface area contributed by atoms with Crippen LogP contribution in [0.3, 0.4) is 0 Å². The normalized spacial score (nSPS) is 11.2. The van der Waals surface area contributed by atoms with Gasteiger partial charge in [0.2, 0.25) is 5.91 Å². The van der Waals surface area contributed by atoms with E-state index >= 15 is 0 Å². The molecule has 7 heteroatoms. The molecule has 0 fully saturated rings. The second-order valence-electron chi connectivity index (χ2n) is 4.59. The molecule has 22 heavy (non-hydrogen) atoms. The fourth-order valence-corrected chi connectivity index (χ4v) is 1.59. The average Bonchev–Trinajstić information content (AvgIpc) is 2.46. The molecule has 0 aliphatic carbocycles. The minimum absolute atomic E-state index is 0.0103. The van der Waals surface area contributed by atoms with Crippen molar-refractivity contribution in [3.05, 3.63) is 24.3 Å². The van der Waals surface area contributed by atoms with Gasteiger partial charge in [-0.05, 0) is 19.1 Å². The van der Waals surface area contributed by atoms with Crippen LogP contribution in [0.25, 0.3) is 0 Å². The number of carbonyl (C=O) groups is 3. The van der Waals surface area contributed by atoms with Crippen molar-refractivity contribution in [2.75, 3.05) is 19.0 Å². The van der Waals surface area contributed by atoms with E-state index in [1.807, 2.05) is 0 Å². The zero-order valence-electron chi connectivity index (χ0n) is 12.8. The fraction of sp³-hybridized carbons (Fsp3) is 0.400. The van der Waals surface area contributed by atoms with Crippen LogP contribution in [0.15, 0.2) is 24.3 Å². The summed E-state index contributed by atoms with van der Waals surface area (Å²) in [6, 6.07) is 6.84. The number of ether oxygens (including phenoxy) is 2. The zero-order chi connectivity index (χ0) is 16.5. The molecule has 0 spiro atoms. The Morgan fingerprint density at radius 3 is 2.64 bits per heavy atom. The van der Waals surface area contributed by atoms with E-state index in [4.69, 9.17) is 9.47 Å². The van der Waals surface area contributed by atoms with Crippen molar-refractivity contribution in [1.29, 1.82) is 0 Å². The number of benzene rings is 1. The molecule has 0 aliphatic heterocycles. The molecule has 0 bridgehead atoms. The van der Waals surface area contributed by atoms with Gasteiger partial charge in [-0.2, -0.15) is 0 Å². The van der Waals surface area contributed by atoms with E-state index in [1.54, 1.807) is 24.3 Å². The molecule has 120 valence electrons. The van der Waals surface area contributed by atoms with Crippen LogP contribution in [-0.4, -0.2) is 37.5 Å². The number of carbonyl (C=O) groups excluding carboxylic acids is 3. The average molecular weight is 308 g/mol. The van der Waals surface area contributed by atoms with Crippen molar-refractivity contribution in [3.8, 4) is 5.75 Å². The molecule has 0 saturated carbocycles. The number of anilines is 1. The van der Waals surface area contributed by atoms with Gasteiger partial charge in [0.05, 0.1) is 13.5 Å². The number of hydrogen-bond donors (Lipinski definition) is 2. The van der Waals surface area contributed by atoms with Crippen LogP contribution in [0.5, 0.6) is 5.75 Å². The molecule has 2 N–H and O–H groups in total. The molecule has 2 amide bonds. The summed E-state index contributed by atoms with van der Waals surface area (Å²) in [6.45, 7) is 3.01. The third kappa shape index (κ3) is 6.25. The largest absolute Gasteiger partial charge is 0.497 e. The summed E-state index contributed by atoms with van der Waals surface area (Å²) in [5.74, 6) is -0.613. The second-order valence-corrected chi connectivity index (χ2v) is 4.59. The van der Waals surface area contributed by atoms with Crippen LogP contribution in [-0.2, 0) is 19.1 Å². The fourth-order valence-electron chi connectivity index (χ4n) is 1.59. The predicted molar refractivity (Wildman–Crippen MR) is 80.5 cm³/mol. The predicted octanol–water partition coefficient (Wildman–Crippen LogP) is 1.09. The maximum absolute atomic E-state index is 11.9. The standard InChI is InChI=1S/C15H20N2O5/c1-10(22-14(19)7-8-16-11(2)18)15(20)17-12-5-4-6-13(9-12)21-3/h4-6,9-10H,7-8H2,1-3H3,(H,16,18)(H,17,20). The molecule has 0 radical (unpaired) electrons. The van der Waals surface area contributed by atoms with Crippen molar-refractivity contribution in [2.45, 2.75) is 26.4 Å². The van der Waals surface area contributed by atoms with Gasteiger partial charge >= 0.3 is 5.97 Å². The van der Waals surface area contributed by atoms with Crippen LogP contribution in [0.4, 0.5) is 5.69 Å². The Balaban J connectivity index is 2.44. The number of hydrogen-bond acceptors (Lipinski definition) is 5. The number of rotatable bonds is 7. The Hall–Kier alpha value is -2.57. The quantitative estimate of drug-likeness (QED) is 0.735. The van der Waals surface area contributed by atoms with E-state index in [0.29, 0.717) is 11.4 Å². The first kappa shape index (κ1) is 17.5. The van der Waals surface area contributed by atoms with Gasteiger partial charge in [-0.15, -0.1) is 0 Å². The molecule has 1 atom stereocenters. The lowest BCUT2D eigenvalue weighted by atomic mass is 10.3. The number of amides is 2. The first-order chi connectivity index (χ1) is 10.4. The van der Waals surface area contributed by atoms with Crippen LogP contribution >= 0.6 is 0 Å². The van der Waals surface area contributed by atoms with Gasteiger partial charge in [-0.3, -0.25) is 14.4 Å². The second kappa shape index (κ2) is 8.66. The zero-order valence-corrected chi connectivity index (χ0v) is 12.8. The summed E-state index contributed by atoms with van der Waals surface area (Å²) in [6.07, 6.45) is -0.924. The van der Waals surface area contributed by atoms with E-state index in [0.717, 1.165) is 0 Å². The molecule has 0 heterocycles. The van der Waals surface area contributed by atoms with Crippen LogP contribution < -0.4 is 15.4 Å². The van der Waals surface area contributed by atoms with Crippen molar-refractivity contribution < 1.29 is 23.9 Å². The molecule has 1 rings (SSSR count). The Bertz CT molecular complexity index is 544. The smallest absolute Gasteiger partial charge is 0.308 e. The molecule has 0 saturated heterocycles. The summed E-state index contributed by atoms with van der Waals surface area (Å²) < 4.78 is 10.0. The molecular weight excluding hydrogens is 288 g/mol. The molecule has 1 aromatic rings. The van der Waals surface area contributed by atoms with Crippen LogP contribution in [0, 0.1) is 0 Å². The van der Waals surface area contributed by atoms with Crippen molar-refractivity contribution in [1.82, 2.24) is 5.32 Å². The highest BCUT2D eigenvalue weighted by atomic mass is 16.5. The molecule has 7 nitrogen and oxygen atoms in total. The SMILES string of the molecule is COc1cccc(NC(=O)C(C)OC(=O)CCNC(C)=O)c1. The highest BCUT2D eigenvalue weighted by molar-refractivity contribution is 5.95. The Kier molecular flexibility index (Phi) is 6.88. The van der Waals surface area contributed by atoms with Gasteiger partial charge in [0, 0.05) is 25.2 Å². The first-order valence-electron chi connectivity index (χ1n) is 6.81. The molecule has 1 aromatic carbocycles. The van der Waals surface area contributed by atoms with Crippen LogP contribution in [0.2, 0.25) is 0 Å². The summed E-state index contributed by atoms with van der Waals surface area (Å²) in [4.78, 5) is 34.1. The first-order valence-corrected chi connectivity index (χ1v) is 6.81. The minimum atomic E-state index is -0.934. The van der Waals surface area contributed by atoms with Gasteiger partial charge in [-0.25, -0.2) is 0 Å². The lowest BCUT2D eigenvalue weighted by Crippen LogP contribution is -2.31. The number of esters is 1. The van der Waals surface area contributed by atoms with E-state index in [9.17, 15) is 14.4 Å². The third-order valence-electron chi connectivity index (χ3n) is 2.72.